The fourth-order valence-electron chi connectivity index (χ4n) is 3.05. The molecule has 146 valence electrons. The van der Waals surface area contributed by atoms with Crippen molar-refractivity contribution in [3.05, 3.63) is 65.8 Å². The van der Waals surface area contributed by atoms with Gasteiger partial charge in [0.05, 0.1) is 6.04 Å². The summed E-state index contributed by atoms with van der Waals surface area (Å²) < 4.78 is 16.9. The number of ether oxygens (including phenoxy) is 2. The molecule has 1 aliphatic heterocycles. The summed E-state index contributed by atoms with van der Waals surface area (Å²) in [5.74, 6) is 3.43. The van der Waals surface area contributed by atoms with Crippen molar-refractivity contribution >= 4 is 0 Å². The number of likely N-dealkylation sites (N-methyl/N-ethyl adjacent to an activating group) is 1. The summed E-state index contributed by atoms with van der Waals surface area (Å²) in [5.41, 5.74) is 1.20. The van der Waals surface area contributed by atoms with E-state index in [2.05, 4.69) is 27.4 Å². The lowest BCUT2D eigenvalue weighted by Gasteiger charge is -2.30. The Morgan fingerprint density at radius 1 is 1.07 bits per heavy atom. The third kappa shape index (κ3) is 4.49. The molecule has 1 aliphatic rings. The maximum atomic E-state index is 5.82. The highest BCUT2D eigenvalue weighted by Crippen LogP contribution is 2.24. The molecule has 3 aromatic rings. The Hall–Kier alpha value is -2.90. The summed E-state index contributed by atoms with van der Waals surface area (Å²) >= 11 is 0. The quantitative estimate of drug-likeness (QED) is 0.703. The van der Waals surface area contributed by atoms with E-state index in [4.69, 9.17) is 14.0 Å². The van der Waals surface area contributed by atoms with E-state index in [1.165, 1.54) is 5.56 Å². The van der Waals surface area contributed by atoms with Gasteiger partial charge in [0.25, 0.3) is 5.89 Å². The third-order valence-corrected chi connectivity index (χ3v) is 4.74. The Morgan fingerprint density at radius 3 is 2.46 bits per heavy atom. The monoisotopic (exact) mass is 380 g/mol. The van der Waals surface area contributed by atoms with Crippen LogP contribution < -0.4 is 14.8 Å². The van der Waals surface area contributed by atoms with Crippen molar-refractivity contribution in [2.24, 2.45) is 0 Å². The lowest BCUT2D eigenvalue weighted by atomic mass is 10.2. The second-order valence-electron chi connectivity index (χ2n) is 6.92. The predicted molar refractivity (Wildman–Crippen MR) is 105 cm³/mol. The smallest absolute Gasteiger partial charge is 0.264 e. The molecule has 0 spiro atoms. The van der Waals surface area contributed by atoms with Crippen molar-refractivity contribution in [2.75, 3.05) is 26.7 Å². The van der Waals surface area contributed by atoms with Crippen molar-refractivity contribution in [3.63, 3.8) is 0 Å². The molecule has 1 atom stereocenters. The van der Waals surface area contributed by atoms with Crippen LogP contribution in [0.1, 0.15) is 23.3 Å². The summed E-state index contributed by atoms with van der Waals surface area (Å²) in [7, 11) is 2.07. The minimum atomic E-state index is 0.129. The normalized spacial score (nSPS) is 17.4. The molecule has 2 heterocycles. The summed E-state index contributed by atoms with van der Waals surface area (Å²) in [6.07, 6.45) is 0. The van der Waals surface area contributed by atoms with E-state index in [0.717, 1.165) is 31.1 Å². The molecular weight excluding hydrogens is 356 g/mol. The van der Waals surface area contributed by atoms with E-state index in [1.54, 1.807) is 0 Å². The second kappa shape index (κ2) is 8.41. The Morgan fingerprint density at radius 2 is 1.75 bits per heavy atom. The number of aromatic nitrogens is 2. The summed E-state index contributed by atoms with van der Waals surface area (Å²) in [4.78, 5) is 6.69. The van der Waals surface area contributed by atoms with Crippen LogP contribution >= 0.6 is 0 Å². The molecule has 1 aromatic heterocycles. The van der Waals surface area contributed by atoms with Crippen LogP contribution in [0.4, 0.5) is 0 Å². The van der Waals surface area contributed by atoms with Crippen molar-refractivity contribution in [3.8, 4) is 17.2 Å². The average Bonchev–Trinajstić information content (AvgIpc) is 3.18. The molecule has 0 amide bonds. The lowest BCUT2D eigenvalue weighted by Crippen LogP contribution is -2.44. The maximum Gasteiger partial charge on any atom is 0.264 e. The van der Waals surface area contributed by atoms with E-state index >= 15 is 0 Å². The van der Waals surface area contributed by atoms with Crippen molar-refractivity contribution in [1.29, 1.82) is 0 Å². The number of nitrogens with zero attached hydrogens (tertiary/aromatic N) is 3. The van der Waals surface area contributed by atoms with Crippen molar-refractivity contribution < 1.29 is 14.0 Å². The van der Waals surface area contributed by atoms with Gasteiger partial charge >= 0.3 is 0 Å². The molecule has 0 aliphatic carbocycles. The standard InChI is InChI=1S/C21H24N4O3/c1-15-3-5-17(6-4-15)27-18-9-7-16(8-10-18)26-14-20-23-21(24-28-20)19-13-22-11-12-25(19)2/h3-10,19,22H,11-14H2,1-2H3. The van der Waals surface area contributed by atoms with Gasteiger partial charge in [-0.3, -0.25) is 4.90 Å². The Kier molecular flexibility index (Phi) is 5.55. The third-order valence-electron chi connectivity index (χ3n) is 4.74. The first kappa shape index (κ1) is 18.5. The topological polar surface area (TPSA) is 72.7 Å². The van der Waals surface area contributed by atoms with Gasteiger partial charge in [0.15, 0.2) is 12.4 Å². The Bertz CT molecular complexity index is 893. The molecule has 0 saturated carbocycles. The molecule has 1 saturated heterocycles. The predicted octanol–water partition coefficient (Wildman–Crippen LogP) is 3.33. The van der Waals surface area contributed by atoms with Crippen LogP contribution in [-0.4, -0.2) is 41.7 Å². The van der Waals surface area contributed by atoms with Crippen molar-refractivity contribution in [2.45, 2.75) is 19.6 Å². The first-order valence-corrected chi connectivity index (χ1v) is 9.38. The van der Waals surface area contributed by atoms with Crippen LogP contribution in [-0.2, 0) is 6.61 Å². The van der Waals surface area contributed by atoms with Gasteiger partial charge in [-0.2, -0.15) is 4.98 Å². The first-order valence-electron chi connectivity index (χ1n) is 9.38. The zero-order valence-corrected chi connectivity index (χ0v) is 16.1. The molecule has 1 unspecified atom stereocenters. The number of rotatable bonds is 6. The zero-order valence-electron chi connectivity index (χ0n) is 16.1. The highest BCUT2D eigenvalue weighted by atomic mass is 16.5. The molecule has 1 fully saturated rings. The Balaban J connectivity index is 1.32. The van der Waals surface area contributed by atoms with Crippen LogP contribution in [0, 0.1) is 6.92 Å². The van der Waals surface area contributed by atoms with Gasteiger partial charge < -0.3 is 19.3 Å². The van der Waals surface area contributed by atoms with Crippen LogP contribution in [0.5, 0.6) is 17.2 Å². The van der Waals surface area contributed by atoms with E-state index < -0.39 is 0 Å². The van der Waals surface area contributed by atoms with E-state index in [9.17, 15) is 0 Å². The minimum Gasteiger partial charge on any atom is -0.484 e. The lowest BCUT2D eigenvalue weighted by molar-refractivity contribution is 0.189. The number of benzene rings is 2. The van der Waals surface area contributed by atoms with E-state index in [1.807, 2.05) is 55.5 Å². The minimum absolute atomic E-state index is 0.129. The van der Waals surface area contributed by atoms with Gasteiger partial charge in [-0.1, -0.05) is 22.9 Å². The first-order chi connectivity index (χ1) is 13.7. The Labute approximate surface area is 164 Å². The largest absolute Gasteiger partial charge is 0.484 e. The van der Waals surface area contributed by atoms with Gasteiger partial charge in [0.1, 0.15) is 17.2 Å². The molecule has 0 radical (unpaired) electrons. The highest BCUT2D eigenvalue weighted by Gasteiger charge is 2.25. The molecule has 1 N–H and O–H groups in total. The van der Waals surface area contributed by atoms with Crippen LogP contribution in [0.2, 0.25) is 0 Å². The van der Waals surface area contributed by atoms with Crippen LogP contribution in [0.15, 0.2) is 53.1 Å². The molecule has 0 bridgehead atoms. The number of aryl methyl sites for hydroxylation is 1. The summed E-state index contributed by atoms with van der Waals surface area (Å²) in [6.45, 7) is 5.03. The maximum absolute atomic E-state index is 5.82. The van der Waals surface area contributed by atoms with E-state index in [-0.39, 0.29) is 12.6 Å². The zero-order chi connectivity index (χ0) is 19.3. The average molecular weight is 380 g/mol. The molecule has 28 heavy (non-hydrogen) atoms. The number of piperazine rings is 1. The van der Waals surface area contributed by atoms with Gasteiger partial charge in [-0.05, 0) is 50.4 Å². The fraction of sp³-hybridized carbons (Fsp3) is 0.333. The SMILES string of the molecule is Cc1ccc(Oc2ccc(OCc3nc(C4CNCCN4C)no3)cc2)cc1. The van der Waals surface area contributed by atoms with Gasteiger partial charge in [-0.15, -0.1) is 0 Å². The number of hydrogen-bond donors (Lipinski definition) is 1. The van der Waals surface area contributed by atoms with Gasteiger partial charge in [0.2, 0.25) is 0 Å². The van der Waals surface area contributed by atoms with Crippen LogP contribution in [0.3, 0.4) is 0 Å². The fourth-order valence-corrected chi connectivity index (χ4v) is 3.05. The molecule has 2 aromatic carbocycles. The summed E-state index contributed by atoms with van der Waals surface area (Å²) in [6, 6.07) is 15.5. The van der Waals surface area contributed by atoms with Crippen LogP contribution in [0.25, 0.3) is 0 Å². The molecule has 4 rings (SSSR count). The van der Waals surface area contributed by atoms with Crippen molar-refractivity contribution in [1.82, 2.24) is 20.4 Å². The van der Waals surface area contributed by atoms with E-state index in [0.29, 0.717) is 17.5 Å². The second-order valence-corrected chi connectivity index (χ2v) is 6.92. The number of hydrogen-bond acceptors (Lipinski definition) is 7. The molecule has 7 heteroatoms. The molecule has 7 nitrogen and oxygen atoms in total. The van der Waals surface area contributed by atoms with Gasteiger partial charge in [-0.25, -0.2) is 0 Å². The summed E-state index contributed by atoms with van der Waals surface area (Å²) in [5, 5.41) is 7.45. The highest BCUT2D eigenvalue weighted by molar-refractivity contribution is 5.36. The van der Waals surface area contributed by atoms with Gasteiger partial charge in [0, 0.05) is 19.6 Å². The number of nitrogens with one attached hydrogen (secondary N) is 1. The molecular formula is C21H24N4O3.